The number of halogens is 3. The van der Waals surface area contributed by atoms with Crippen LogP contribution < -0.4 is 9.80 Å². The van der Waals surface area contributed by atoms with Gasteiger partial charge >= 0.3 is 6.18 Å². The highest BCUT2D eigenvalue weighted by Crippen LogP contribution is 2.40. The van der Waals surface area contributed by atoms with E-state index in [0.29, 0.717) is 11.5 Å². The van der Waals surface area contributed by atoms with E-state index >= 15 is 0 Å². The van der Waals surface area contributed by atoms with Crippen LogP contribution in [0.3, 0.4) is 0 Å². The van der Waals surface area contributed by atoms with Crippen LogP contribution in [0.2, 0.25) is 0 Å². The van der Waals surface area contributed by atoms with Gasteiger partial charge in [0.25, 0.3) is 0 Å². The summed E-state index contributed by atoms with van der Waals surface area (Å²) < 4.78 is 40.3. The molecule has 1 aliphatic heterocycles. The number of nitriles is 1. The lowest BCUT2D eigenvalue weighted by molar-refractivity contribution is -0.137. The van der Waals surface area contributed by atoms with Crippen LogP contribution in [0.15, 0.2) is 47.5 Å². The maximum atomic E-state index is 13.4. The lowest BCUT2D eigenvalue weighted by Crippen LogP contribution is -2.44. The highest BCUT2D eigenvalue weighted by atomic mass is 32.1. The first-order valence-corrected chi connectivity index (χ1v) is 8.95. The second-order valence-corrected chi connectivity index (χ2v) is 7.28. The SMILES string of the molecule is C/N=C1/N(c2ccc(C#N)c(C(F)(F)F)c2)C(=S)N(c2ccc(O)cc2)C1(C)C. The molecule has 2 aromatic rings. The highest BCUT2D eigenvalue weighted by molar-refractivity contribution is 7.81. The second-order valence-electron chi connectivity index (χ2n) is 6.92. The Labute approximate surface area is 171 Å². The fourth-order valence-electron chi connectivity index (χ4n) is 3.45. The molecule has 1 aliphatic rings. The van der Waals surface area contributed by atoms with Gasteiger partial charge in [-0.2, -0.15) is 18.4 Å². The van der Waals surface area contributed by atoms with Gasteiger partial charge in [-0.1, -0.05) is 0 Å². The molecule has 2 aromatic carbocycles. The number of hydrogen-bond acceptors (Lipinski definition) is 4. The van der Waals surface area contributed by atoms with Crippen LogP contribution in [0.1, 0.15) is 25.0 Å². The monoisotopic (exact) mass is 418 g/mol. The van der Waals surface area contributed by atoms with Crippen molar-refractivity contribution in [2.75, 3.05) is 16.8 Å². The van der Waals surface area contributed by atoms with E-state index in [2.05, 4.69) is 4.99 Å². The molecule has 1 fully saturated rings. The predicted molar refractivity (Wildman–Crippen MR) is 109 cm³/mol. The fourth-order valence-corrected chi connectivity index (χ4v) is 3.97. The number of aromatic hydroxyl groups is 1. The first-order chi connectivity index (χ1) is 13.5. The molecule has 0 radical (unpaired) electrons. The summed E-state index contributed by atoms with van der Waals surface area (Å²) in [6.07, 6.45) is -4.68. The van der Waals surface area contributed by atoms with Crippen LogP contribution in [0, 0.1) is 11.3 Å². The summed E-state index contributed by atoms with van der Waals surface area (Å²) in [5, 5.41) is 18.8. The molecule has 5 nitrogen and oxygen atoms in total. The van der Waals surface area contributed by atoms with E-state index in [-0.39, 0.29) is 16.5 Å². The van der Waals surface area contributed by atoms with E-state index in [4.69, 9.17) is 17.5 Å². The van der Waals surface area contributed by atoms with E-state index in [0.717, 1.165) is 12.1 Å². The molecule has 0 unspecified atom stereocenters. The van der Waals surface area contributed by atoms with Crippen molar-refractivity contribution < 1.29 is 18.3 Å². The van der Waals surface area contributed by atoms with Crippen molar-refractivity contribution in [2.24, 2.45) is 4.99 Å². The summed E-state index contributed by atoms with van der Waals surface area (Å²) in [6, 6.07) is 11.4. The van der Waals surface area contributed by atoms with E-state index in [1.165, 1.54) is 23.1 Å². The first-order valence-electron chi connectivity index (χ1n) is 8.54. The predicted octanol–water partition coefficient (Wildman–Crippen LogP) is 4.70. The molecule has 29 heavy (non-hydrogen) atoms. The molecule has 1 N–H and O–H groups in total. The molecule has 0 amide bonds. The van der Waals surface area contributed by atoms with Gasteiger partial charge in [0.05, 0.1) is 28.4 Å². The average Bonchev–Trinajstić information content (AvgIpc) is 2.86. The number of aliphatic imine (C=N–C) groups is 1. The number of hydrogen-bond donors (Lipinski definition) is 1. The Balaban J connectivity index is 2.16. The molecular weight excluding hydrogens is 401 g/mol. The third-order valence-electron chi connectivity index (χ3n) is 4.71. The van der Waals surface area contributed by atoms with Gasteiger partial charge in [-0.3, -0.25) is 9.89 Å². The first kappa shape index (κ1) is 20.6. The molecule has 1 heterocycles. The van der Waals surface area contributed by atoms with E-state index in [1.54, 1.807) is 30.1 Å². The van der Waals surface area contributed by atoms with Gasteiger partial charge < -0.3 is 10.0 Å². The van der Waals surface area contributed by atoms with Crippen molar-refractivity contribution in [1.29, 1.82) is 5.26 Å². The van der Waals surface area contributed by atoms with Crippen LogP contribution in [-0.4, -0.2) is 28.6 Å². The Morgan fingerprint density at radius 1 is 1.10 bits per heavy atom. The van der Waals surface area contributed by atoms with Gasteiger partial charge in [-0.05, 0) is 68.5 Å². The third-order valence-corrected chi connectivity index (χ3v) is 5.07. The maximum absolute atomic E-state index is 13.4. The Hall–Kier alpha value is -3.12. The summed E-state index contributed by atoms with van der Waals surface area (Å²) in [5.41, 5.74) is -1.44. The topological polar surface area (TPSA) is 62.9 Å². The molecule has 0 aromatic heterocycles. The van der Waals surface area contributed by atoms with Crippen molar-refractivity contribution in [1.82, 2.24) is 0 Å². The number of alkyl halides is 3. The van der Waals surface area contributed by atoms with Gasteiger partial charge in [-0.25, -0.2) is 0 Å². The smallest absolute Gasteiger partial charge is 0.417 e. The summed E-state index contributed by atoms with van der Waals surface area (Å²) in [5.74, 6) is 0.535. The maximum Gasteiger partial charge on any atom is 0.417 e. The lowest BCUT2D eigenvalue weighted by atomic mass is 10.0. The van der Waals surface area contributed by atoms with Crippen molar-refractivity contribution in [3.8, 4) is 11.8 Å². The zero-order valence-electron chi connectivity index (χ0n) is 15.8. The van der Waals surface area contributed by atoms with Crippen molar-refractivity contribution >= 4 is 34.5 Å². The van der Waals surface area contributed by atoms with E-state index in [9.17, 15) is 18.3 Å². The summed E-state index contributed by atoms with van der Waals surface area (Å²) >= 11 is 5.61. The van der Waals surface area contributed by atoms with Gasteiger partial charge in [0.2, 0.25) is 0 Å². The van der Waals surface area contributed by atoms with Crippen LogP contribution in [0.25, 0.3) is 0 Å². The van der Waals surface area contributed by atoms with E-state index in [1.807, 2.05) is 13.8 Å². The van der Waals surface area contributed by atoms with Crippen molar-refractivity contribution in [3.05, 3.63) is 53.6 Å². The van der Waals surface area contributed by atoms with Crippen LogP contribution in [0.5, 0.6) is 5.75 Å². The fraction of sp³-hybridized carbons (Fsp3) is 0.250. The zero-order chi connectivity index (χ0) is 21.6. The summed E-state index contributed by atoms with van der Waals surface area (Å²) in [7, 11) is 1.54. The minimum atomic E-state index is -4.68. The molecule has 0 saturated carbocycles. The highest BCUT2D eigenvalue weighted by Gasteiger charge is 2.48. The molecule has 9 heteroatoms. The van der Waals surface area contributed by atoms with Gasteiger partial charge in [0.1, 0.15) is 11.6 Å². The number of anilines is 2. The standard InChI is InChI=1S/C20H17F3N4OS/c1-19(2)17(25-3)26(18(29)27(19)13-6-8-15(28)9-7-13)14-5-4-12(11-24)16(10-14)20(21,22)23/h4-10,28H,1-3H3/b25-17+. The van der Waals surface area contributed by atoms with Gasteiger partial charge in [0.15, 0.2) is 5.11 Å². The largest absolute Gasteiger partial charge is 0.508 e. The van der Waals surface area contributed by atoms with E-state index < -0.39 is 22.8 Å². The normalized spacial score (nSPS) is 17.7. The number of amidine groups is 1. The molecule has 0 aliphatic carbocycles. The number of phenols is 1. The molecule has 0 bridgehead atoms. The molecule has 3 rings (SSSR count). The third kappa shape index (κ3) is 3.40. The van der Waals surface area contributed by atoms with Gasteiger partial charge in [-0.15, -0.1) is 0 Å². The number of rotatable bonds is 2. The van der Waals surface area contributed by atoms with Gasteiger partial charge in [0, 0.05) is 12.7 Å². The molecule has 150 valence electrons. The van der Waals surface area contributed by atoms with Crippen LogP contribution >= 0.6 is 12.2 Å². The number of nitrogens with zero attached hydrogens (tertiary/aromatic N) is 4. The molecule has 0 atom stereocenters. The molecular formula is C20H17F3N4OS. The van der Waals surface area contributed by atoms with Crippen LogP contribution in [-0.2, 0) is 6.18 Å². The lowest BCUT2D eigenvalue weighted by Gasteiger charge is -2.30. The zero-order valence-corrected chi connectivity index (χ0v) is 16.6. The minimum Gasteiger partial charge on any atom is -0.508 e. The Morgan fingerprint density at radius 2 is 1.69 bits per heavy atom. The second kappa shape index (κ2) is 7.04. The van der Waals surface area contributed by atoms with Crippen LogP contribution in [0.4, 0.5) is 24.5 Å². The van der Waals surface area contributed by atoms with Crippen molar-refractivity contribution in [3.63, 3.8) is 0 Å². The minimum absolute atomic E-state index is 0.0832. The quantitative estimate of drug-likeness (QED) is 0.717. The average molecular weight is 418 g/mol. The molecule has 1 saturated heterocycles. The Kier molecular flexibility index (Phi) is 5.01. The Morgan fingerprint density at radius 3 is 2.21 bits per heavy atom. The molecule has 0 spiro atoms. The summed E-state index contributed by atoms with van der Waals surface area (Å²) in [4.78, 5) is 7.52. The number of phenolic OH excluding ortho intramolecular Hbond substituents is 1. The Bertz CT molecular complexity index is 1040. The summed E-state index contributed by atoms with van der Waals surface area (Å²) in [6.45, 7) is 3.70. The number of thiocarbonyl (C=S) groups is 1. The number of benzene rings is 2. The van der Waals surface area contributed by atoms with Crippen molar-refractivity contribution in [2.45, 2.75) is 25.6 Å².